The Morgan fingerprint density at radius 3 is 1.75 bits per heavy atom. The Morgan fingerprint density at radius 1 is 0.385 bits per heavy atom. The molecule has 0 aliphatic carbocycles. The fourth-order valence-corrected chi connectivity index (χ4v) is 7.63. The predicted molar refractivity (Wildman–Crippen MR) is 218 cm³/mol. The first-order valence-electron chi connectivity index (χ1n) is 17.6. The van der Waals surface area contributed by atoms with E-state index in [2.05, 4.69) is 175 Å². The molecule has 3 heteroatoms. The second-order valence-corrected chi connectivity index (χ2v) is 13.2. The summed E-state index contributed by atoms with van der Waals surface area (Å²) < 4.78 is 6.38. The Labute approximate surface area is 301 Å². The molecule has 0 spiro atoms. The van der Waals surface area contributed by atoms with Gasteiger partial charge in [0, 0.05) is 39.1 Å². The van der Waals surface area contributed by atoms with Crippen LogP contribution in [0.15, 0.2) is 199 Å². The lowest BCUT2D eigenvalue weighted by molar-refractivity contribution is 0.669. The van der Waals surface area contributed by atoms with Crippen molar-refractivity contribution in [2.24, 2.45) is 0 Å². The number of para-hydroxylation sites is 1. The van der Waals surface area contributed by atoms with Crippen LogP contribution in [0.3, 0.4) is 0 Å². The standard InChI is InChI=1S/C49H32N2O/c1-3-11-33(12-4-1)34-19-24-39(25-20-34)51(46-32-50-31-38-29-45-43-17-9-10-18-47(43)52-48(45)30-44(38)46)40-26-21-37(22-27-40)49-41-16-8-7-15-36(41)23-28-42(49)35-13-5-2-6-14-35/h1-32H. The summed E-state index contributed by atoms with van der Waals surface area (Å²) in [4.78, 5) is 7.10. The van der Waals surface area contributed by atoms with Crippen LogP contribution in [0, 0.1) is 0 Å². The fraction of sp³-hybridized carbons (Fsp3) is 0. The maximum atomic E-state index is 6.38. The van der Waals surface area contributed by atoms with E-state index >= 15 is 0 Å². The van der Waals surface area contributed by atoms with Crippen molar-refractivity contribution in [1.82, 2.24) is 4.98 Å². The molecule has 0 atom stereocenters. The Kier molecular flexibility index (Phi) is 7.14. The van der Waals surface area contributed by atoms with Gasteiger partial charge in [-0.3, -0.25) is 4.98 Å². The molecule has 10 aromatic rings. The molecule has 10 rings (SSSR count). The van der Waals surface area contributed by atoms with Crippen LogP contribution in [-0.4, -0.2) is 4.98 Å². The molecule has 8 aromatic carbocycles. The Hall–Kier alpha value is -6.97. The molecule has 0 saturated heterocycles. The monoisotopic (exact) mass is 664 g/mol. The highest BCUT2D eigenvalue weighted by atomic mass is 16.3. The van der Waals surface area contributed by atoms with E-state index < -0.39 is 0 Å². The molecule has 0 unspecified atom stereocenters. The number of hydrogen-bond acceptors (Lipinski definition) is 3. The van der Waals surface area contributed by atoms with Gasteiger partial charge in [-0.25, -0.2) is 0 Å². The van der Waals surface area contributed by atoms with Gasteiger partial charge in [0.1, 0.15) is 11.2 Å². The van der Waals surface area contributed by atoms with E-state index in [0.717, 1.165) is 49.8 Å². The van der Waals surface area contributed by atoms with E-state index in [1.165, 1.54) is 44.2 Å². The summed E-state index contributed by atoms with van der Waals surface area (Å²) in [5, 5.41) is 6.78. The number of pyridine rings is 1. The zero-order chi connectivity index (χ0) is 34.4. The normalized spacial score (nSPS) is 11.5. The van der Waals surface area contributed by atoms with Crippen LogP contribution in [0.4, 0.5) is 17.1 Å². The third-order valence-corrected chi connectivity index (χ3v) is 10.1. The van der Waals surface area contributed by atoms with Crippen LogP contribution < -0.4 is 4.90 Å². The minimum absolute atomic E-state index is 0.861. The molecule has 0 amide bonds. The molecule has 2 heterocycles. The number of hydrogen-bond donors (Lipinski definition) is 0. The van der Waals surface area contributed by atoms with Gasteiger partial charge in [-0.1, -0.05) is 140 Å². The zero-order valence-corrected chi connectivity index (χ0v) is 28.3. The van der Waals surface area contributed by atoms with E-state index in [-0.39, 0.29) is 0 Å². The Bertz CT molecular complexity index is 2880. The molecule has 0 fully saturated rings. The van der Waals surface area contributed by atoms with Crippen molar-refractivity contribution >= 4 is 60.5 Å². The predicted octanol–water partition coefficient (Wildman–Crippen LogP) is 13.8. The number of benzene rings is 8. The van der Waals surface area contributed by atoms with E-state index in [1.54, 1.807) is 0 Å². The minimum atomic E-state index is 0.861. The number of anilines is 3. The summed E-state index contributed by atoms with van der Waals surface area (Å²) in [5.74, 6) is 0. The second-order valence-electron chi connectivity index (χ2n) is 13.2. The maximum absolute atomic E-state index is 6.38. The molecule has 244 valence electrons. The zero-order valence-electron chi connectivity index (χ0n) is 28.3. The van der Waals surface area contributed by atoms with Crippen LogP contribution in [0.5, 0.6) is 0 Å². The summed E-state index contributed by atoms with van der Waals surface area (Å²) in [6, 6.07) is 64.7. The van der Waals surface area contributed by atoms with Gasteiger partial charge in [0.05, 0.1) is 11.9 Å². The Balaban J connectivity index is 1.15. The summed E-state index contributed by atoms with van der Waals surface area (Å²) in [6.45, 7) is 0. The lowest BCUT2D eigenvalue weighted by Gasteiger charge is -2.27. The average Bonchev–Trinajstić information content (AvgIpc) is 3.58. The smallest absolute Gasteiger partial charge is 0.136 e. The van der Waals surface area contributed by atoms with Gasteiger partial charge in [-0.15, -0.1) is 0 Å². The van der Waals surface area contributed by atoms with Gasteiger partial charge in [-0.05, 0) is 86.6 Å². The summed E-state index contributed by atoms with van der Waals surface area (Å²) >= 11 is 0. The molecular formula is C49H32N2O. The van der Waals surface area contributed by atoms with Crippen molar-refractivity contribution < 1.29 is 4.42 Å². The van der Waals surface area contributed by atoms with Gasteiger partial charge in [0.15, 0.2) is 0 Å². The number of aromatic nitrogens is 1. The molecule has 2 aromatic heterocycles. The van der Waals surface area contributed by atoms with Crippen molar-refractivity contribution in [1.29, 1.82) is 0 Å². The van der Waals surface area contributed by atoms with E-state index in [4.69, 9.17) is 9.40 Å². The first-order valence-corrected chi connectivity index (χ1v) is 17.6. The van der Waals surface area contributed by atoms with Gasteiger partial charge in [0.25, 0.3) is 0 Å². The maximum Gasteiger partial charge on any atom is 0.136 e. The molecule has 0 aliphatic rings. The largest absolute Gasteiger partial charge is 0.456 e. The summed E-state index contributed by atoms with van der Waals surface area (Å²) in [7, 11) is 0. The first kappa shape index (κ1) is 29.9. The van der Waals surface area contributed by atoms with Crippen LogP contribution in [-0.2, 0) is 0 Å². The number of furan rings is 1. The Morgan fingerprint density at radius 2 is 1.00 bits per heavy atom. The SMILES string of the molecule is c1ccc(-c2ccc(N(c3ccc(-c4c(-c5ccccc5)ccc5ccccc45)cc3)c3cncc4cc5c(cc34)oc3ccccc35)cc2)cc1. The first-order chi connectivity index (χ1) is 25.8. The van der Waals surface area contributed by atoms with Crippen LogP contribution in [0.2, 0.25) is 0 Å². The van der Waals surface area contributed by atoms with Gasteiger partial charge in [0.2, 0.25) is 0 Å². The van der Waals surface area contributed by atoms with Crippen molar-refractivity contribution in [2.75, 3.05) is 4.90 Å². The lowest BCUT2D eigenvalue weighted by atomic mass is 9.89. The van der Waals surface area contributed by atoms with Crippen LogP contribution in [0.25, 0.3) is 76.9 Å². The van der Waals surface area contributed by atoms with Crippen LogP contribution >= 0.6 is 0 Å². The third kappa shape index (κ3) is 5.10. The summed E-state index contributed by atoms with van der Waals surface area (Å²) in [6.07, 6.45) is 3.92. The van der Waals surface area contributed by atoms with E-state index in [9.17, 15) is 0 Å². The molecule has 0 N–H and O–H groups in total. The quantitative estimate of drug-likeness (QED) is 0.177. The lowest BCUT2D eigenvalue weighted by Crippen LogP contribution is -2.11. The minimum Gasteiger partial charge on any atom is -0.456 e. The third-order valence-electron chi connectivity index (χ3n) is 10.1. The second kappa shape index (κ2) is 12.4. The van der Waals surface area contributed by atoms with Crippen molar-refractivity contribution in [3.63, 3.8) is 0 Å². The van der Waals surface area contributed by atoms with E-state index in [0.29, 0.717) is 0 Å². The van der Waals surface area contributed by atoms with Crippen LogP contribution in [0.1, 0.15) is 0 Å². The highest BCUT2D eigenvalue weighted by Gasteiger charge is 2.19. The summed E-state index contributed by atoms with van der Waals surface area (Å²) in [5.41, 5.74) is 12.0. The highest BCUT2D eigenvalue weighted by Crippen LogP contribution is 2.43. The molecular weight excluding hydrogens is 633 g/mol. The molecule has 52 heavy (non-hydrogen) atoms. The van der Waals surface area contributed by atoms with Gasteiger partial charge >= 0.3 is 0 Å². The van der Waals surface area contributed by atoms with Gasteiger partial charge in [-0.2, -0.15) is 0 Å². The van der Waals surface area contributed by atoms with Gasteiger partial charge < -0.3 is 9.32 Å². The fourth-order valence-electron chi connectivity index (χ4n) is 7.63. The molecule has 0 aliphatic heterocycles. The van der Waals surface area contributed by atoms with Crippen molar-refractivity contribution in [3.05, 3.63) is 194 Å². The molecule has 0 saturated carbocycles. The molecule has 0 radical (unpaired) electrons. The molecule has 0 bridgehead atoms. The topological polar surface area (TPSA) is 29.3 Å². The number of rotatable bonds is 6. The number of fused-ring (bicyclic) bond motifs is 5. The van der Waals surface area contributed by atoms with E-state index in [1.807, 2.05) is 24.5 Å². The number of nitrogens with zero attached hydrogens (tertiary/aromatic N) is 2. The highest BCUT2D eigenvalue weighted by molar-refractivity contribution is 6.12. The van der Waals surface area contributed by atoms with Crippen molar-refractivity contribution in [3.8, 4) is 33.4 Å². The average molecular weight is 665 g/mol. The van der Waals surface area contributed by atoms with Crippen molar-refractivity contribution in [2.45, 2.75) is 0 Å². The molecule has 3 nitrogen and oxygen atoms in total.